The lowest BCUT2D eigenvalue weighted by atomic mass is 10.1. The molecule has 0 aliphatic carbocycles. The maximum absolute atomic E-state index is 12.1. The van der Waals surface area contributed by atoms with Gasteiger partial charge in [0, 0.05) is 17.8 Å². The number of nitro groups is 1. The van der Waals surface area contributed by atoms with Gasteiger partial charge in [-0.05, 0) is 37.6 Å². The van der Waals surface area contributed by atoms with Gasteiger partial charge in [0.2, 0.25) is 5.91 Å². The Morgan fingerprint density at radius 3 is 2.46 bits per heavy atom. The van der Waals surface area contributed by atoms with Crippen LogP contribution in [0, 0.1) is 10.1 Å². The molecule has 0 heterocycles. The zero-order valence-electron chi connectivity index (χ0n) is 13.3. The number of hydrogen-bond donors (Lipinski definition) is 1. The van der Waals surface area contributed by atoms with E-state index < -0.39 is 4.92 Å². The summed E-state index contributed by atoms with van der Waals surface area (Å²) in [5.74, 6) is 0.317. The highest BCUT2D eigenvalue weighted by Gasteiger charge is 2.10. The quantitative estimate of drug-likeness (QED) is 0.626. The van der Waals surface area contributed by atoms with Crippen LogP contribution in [0.25, 0.3) is 0 Å². The van der Waals surface area contributed by atoms with Crippen LogP contribution in [0.4, 0.5) is 11.4 Å². The monoisotopic (exact) mass is 348 g/mol. The van der Waals surface area contributed by atoms with E-state index in [-0.39, 0.29) is 24.1 Å². The van der Waals surface area contributed by atoms with E-state index in [2.05, 4.69) is 5.32 Å². The molecule has 0 aromatic heterocycles. The molecule has 0 aliphatic rings. The number of non-ortho nitro benzene ring substituents is 1. The first kappa shape index (κ1) is 17.7. The fraction of sp³-hybridized carbons (Fsp3) is 0.235. The zero-order valence-corrected chi connectivity index (χ0v) is 14.0. The molecule has 0 saturated carbocycles. The highest BCUT2D eigenvalue weighted by molar-refractivity contribution is 6.32. The molecule has 1 N–H and O–H groups in total. The van der Waals surface area contributed by atoms with E-state index >= 15 is 0 Å². The third-order valence-corrected chi connectivity index (χ3v) is 3.39. The summed E-state index contributed by atoms with van der Waals surface area (Å²) >= 11 is 6.12. The van der Waals surface area contributed by atoms with Crippen LogP contribution < -0.4 is 10.1 Å². The zero-order chi connectivity index (χ0) is 17.7. The number of amides is 1. The van der Waals surface area contributed by atoms with Crippen LogP contribution in [-0.4, -0.2) is 16.9 Å². The van der Waals surface area contributed by atoms with Crippen molar-refractivity contribution in [3.63, 3.8) is 0 Å². The minimum absolute atomic E-state index is 0.00470. The molecule has 24 heavy (non-hydrogen) atoms. The Kier molecular flexibility index (Phi) is 5.76. The summed E-state index contributed by atoms with van der Waals surface area (Å²) < 4.78 is 5.53. The van der Waals surface area contributed by atoms with Gasteiger partial charge in [0.25, 0.3) is 5.69 Å². The Morgan fingerprint density at radius 2 is 1.92 bits per heavy atom. The van der Waals surface area contributed by atoms with E-state index in [1.54, 1.807) is 30.3 Å². The molecule has 0 fully saturated rings. The number of nitrogens with zero attached hydrogens (tertiary/aromatic N) is 1. The molecular weight excluding hydrogens is 332 g/mol. The van der Waals surface area contributed by atoms with Gasteiger partial charge in [-0.3, -0.25) is 14.9 Å². The van der Waals surface area contributed by atoms with Crippen molar-refractivity contribution in [1.29, 1.82) is 0 Å². The van der Waals surface area contributed by atoms with Gasteiger partial charge in [-0.1, -0.05) is 23.7 Å². The Balaban J connectivity index is 1.99. The molecule has 0 saturated heterocycles. The third kappa shape index (κ3) is 4.96. The van der Waals surface area contributed by atoms with Crippen molar-refractivity contribution in [2.24, 2.45) is 0 Å². The van der Waals surface area contributed by atoms with Gasteiger partial charge in [0.05, 0.1) is 22.5 Å². The number of anilines is 1. The molecule has 0 aliphatic heterocycles. The number of halogens is 1. The first-order valence-electron chi connectivity index (χ1n) is 7.34. The van der Waals surface area contributed by atoms with Crippen LogP contribution in [0.15, 0.2) is 42.5 Å². The second-order valence-corrected chi connectivity index (χ2v) is 5.87. The highest BCUT2D eigenvalue weighted by Crippen LogP contribution is 2.28. The van der Waals surface area contributed by atoms with Crippen LogP contribution in [0.2, 0.25) is 5.02 Å². The van der Waals surface area contributed by atoms with Crippen LogP contribution in [-0.2, 0) is 11.2 Å². The maximum atomic E-state index is 12.1. The summed E-state index contributed by atoms with van der Waals surface area (Å²) in [4.78, 5) is 22.2. The number of nitro benzene ring substituents is 1. The van der Waals surface area contributed by atoms with Crippen LogP contribution >= 0.6 is 11.6 Å². The second kappa shape index (κ2) is 7.79. The number of carbonyl (C=O) groups excluding carboxylic acids is 1. The predicted molar refractivity (Wildman–Crippen MR) is 92.6 cm³/mol. The molecule has 0 unspecified atom stereocenters. The van der Waals surface area contributed by atoms with Crippen LogP contribution in [0.3, 0.4) is 0 Å². The molecule has 7 heteroatoms. The third-order valence-electron chi connectivity index (χ3n) is 3.09. The van der Waals surface area contributed by atoms with E-state index in [0.29, 0.717) is 22.0 Å². The molecular formula is C17H17ClN2O4. The molecule has 0 bridgehead atoms. The largest absolute Gasteiger partial charge is 0.489 e. The highest BCUT2D eigenvalue weighted by atomic mass is 35.5. The number of nitrogens with one attached hydrogen (secondary N) is 1. The van der Waals surface area contributed by atoms with Crippen LogP contribution in [0.5, 0.6) is 5.75 Å². The van der Waals surface area contributed by atoms with Crippen molar-refractivity contribution in [1.82, 2.24) is 0 Å². The van der Waals surface area contributed by atoms with Gasteiger partial charge in [-0.15, -0.1) is 0 Å². The van der Waals surface area contributed by atoms with Gasteiger partial charge in [0.15, 0.2) is 0 Å². The summed E-state index contributed by atoms with van der Waals surface area (Å²) in [5, 5.41) is 13.8. The molecule has 1 amide bonds. The van der Waals surface area contributed by atoms with Crippen LogP contribution in [0.1, 0.15) is 19.4 Å². The van der Waals surface area contributed by atoms with Gasteiger partial charge in [-0.25, -0.2) is 0 Å². The lowest BCUT2D eigenvalue weighted by molar-refractivity contribution is -0.384. The van der Waals surface area contributed by atoms with E-state index in [9.17, 15) is 14.9 Å². The standard InChI is InChI=1S/C17H17ClN2O4/c1-11(2)24-16-8-5-13(10-15(16)18)19-17(21)9-12-3-6-14(7-4-12)20(22)23/h3-8,10-11H,9H2,1-2H3,(H,19,21). The molecule has 0 radical (unpaired) electrons. The predicted octanol–water partition coefficient (Wildman–Crippen LogP) is 4.22. The van der Waals surface area contributed by atoms with Crippen molar-refractivity contribution in [3.8, 4) is 5.75 Å². The van der Waals surface area contributed by atoms with E-state index in [1.807, 2.05) is 13.8 Å². The van der Waals surface area contributed by atoms with Crippen molar-refractivity contribution in [2.75, 3.05) is 5.32 Å². The molecule has 2 aromatic carbocycles. The van der Waals surface area contributed by atoms with E-state index in [0.717, 1.165) is 0 Å². The van der Waals surface area contributed by atoms with Crippen molar-refractivity contribution in [2.45, 2.75) is 26.4 Å². The van der Waals surface area contributed by atoms with E-state index in [4.69, 9.17) is 16.3 Å². The number of rotatable bonds is 6. The minimum Gasteiger partial charge on any atom is -0.489 e. The average molecular weight is 349 g/mol. The fourth-order valence-corrected chi connectivity index (χ4v) is 2.28. The van der Waals surface area contributed by atoms with E-state index in [1.165, 1.54) is 12.1 Å². The molecule has 6 nitrogen and oxygen atoms in total. The van der Waals surface area contributed by atoms with Gasteiger partial charge >= 0.3 is 0 Å². The minimum atomic E-state index is -0.480. The Morgan fingerprint density at radius 1 is 1.25 bits per heavy atom. The first-order chi connectivity index (χ1) is 11.3. The second-order valence-electron chi connectivity index (χ2n) is 5.46. The smallest absolute Gasteiger partial charge is 0.269 e. The Labute approximate surface area is 144 Å². The maximum Gasteiger partial charge on any atom is 0.269 e. The Hall–Kier alpha value is -2.60. The average Bonchev–Trinajstić information content (AvgIpc) is 2.50. The number of benzene rings is 2. The summed E-state index contributed by atoms with van der Waals surface area (Å²) in [5.41, 5.74) is 1.23. The lowest BCUT2D eigenvalue weighted by Crippen LogP contribution is -2.14. The summed E-state index contributed by atoms with van der Waals surface area (Å²) in [6, 6.07) is 10.9. The van der Waals surface area contributed by atoms with Gasteiger partial charge in [-0.2, -0.15) is 0 Å². The normalized spacial score (nSPS) is 10.5. The Bertz CT molecular complexity index is 745. The summed E-state index contributed by atoms with van der Waals surface area (Å²) in [6.45, 7) is 3.80. The molecule has 2 rings (SSSR count). The SMILES string of the molecule is CC(C)Oc1ccc(NC(=O)Cc2ccc([N+](=O)[O-])cc2)cc1Cl. The number of hydrogen-bond acceptors (Lipinski definition) is 4. The molecule has 0 atom stereocenters. The van der Waals surface area contributed by atoms with Crippen molar-refractivity contribution < 1.29 is 14.5 Å². The summed E-state index contributed by atoms with van der Waals surface area (Å²) in [7, 11) is 0. The fourth-order valence-electron chi connectivity index (χ4n) is 2.05. The summed E-state index contributed by atoms with van der Waals surface area (Å²) in [6.07, 6.45) is 0.116. The first-order valence-corrected chi connectivity index (χ1v) is 7.72. The van der Waals surface area contributed by atoms with Crippen molar-refractivity contribution in [3.05, 3.63) is 63.2 Å². The number of ether oxygens (including phenoxy) is 1. The molecule has 126 valence electrons. The molecule has 2 aromatic rings. The molecule has 0 spiro atoms. The van der Waals surface area contributed by atoms with Crippen molar-refractivity contribution >= 4 is 28.9 Å². The lowest BCUT2D eigenvalue weighted by Gasteiger charge is -2.12. The topological polar surface area (TPSA) is 81.5 Å². The number of carbonyl (C=O) groups is 1. The van der Waals surface area contributed by atoms with Gasteiger partial charge < -0.3 is 10.1 Å². The van der Waals surface area contributed by atoms with Gasteiger partial charge in [0.1, 0.15) is 5.75 Å².